The molecule has 0 aliphatic rings. The van der Waals surface area contributed by atoms with Crippen LogP contribution in [0.4, 0.5) is 5.69 Å². The number of para-hydroxylation sites is 2. The minimum atomic E-state index is -3.47. The number of benzene rings is 2. The maximum absolute atomic E-state index is 11.6. The first-order chi connectivity index (χ1) is 9.80. The number of rotatable bonds is 4. The Balaban J connectivity index is 2.49. The molecule has 4 N–H and O–H groups in total. The predicted molar refractivity (Wildman–Crippen MR) is 79.0 cm³/mol. The summed E-state index contributed by atoms with van der Waals surface area (Å²) < 4.78 is 28.8. The van der Waals surface area contributed by atoms with Gasteiger partial charge >= 0.3 is 0 Å². The van der Waals surface area contributed by atoms with Crippen molar-refractivity contribution in [1.29, 1.82) is 0 Å². The van der Waals surface area contributed by atoms with Crippen LogP contribution in [-0.2, 0) is 9.84 Å². The third-order valence-corrected chi connectivity index (χ3v) is 3.95. The third-order valence-electron chi connectivity index (χ3n) is 2.80. The van der Waals surface area contributed by atoms with E-state index >= 15 is 0 Å². The van der Waals surface area contributed by atoms with Crippen LogP contribution < -0.4 is 16.2 Å². The van der Waals surface area contributed by atoms with Crippen molar-refractivity contribution < 1.29 is 17.9 Å². The van der Waals surface area contributed by atoms with Crippen molar-refractivity contribution in [3.05, 3.63) is 48.0 Å². The first-order valence-electron chi connectivity index (χ1n) is 5.96. The molecule has 0 radical (unpaired) electrons. The zero-order chi connectivity index (χ0) is 15.6. The molecule has 0 saturated heterocycles. The zero-order valence-corrected chi connectivity index (χ0v) is 12.1. The van der Waals surface area contributed by atoms with Gasteiger partial charge in [0.05, 0.1) is 16.1 Å². The van der Waals surface area contributed by atoms with Crippen molar-refractivity contribution in [2.24, 2.45) is 5.73 Å². The molecule has 0 fully saturated rings. The van der Waals surface area contributed by atoms with Crippen LogP contribution in [0.15, 0.2) is 47.4 Å². The Morgan fingerprint density at radius 1 is 1.05 bits per heavy atom. The van der Waals surface area contributed by atoms with Crippen LogP contribution in [0.1, 0.15) is 10.4 Å². The molecule has 7 heteroatoms. The quantitative estimate of drug-likeness (QED) is 0.832. The van der Waals surface area contributed by atoms with E-state index in [1.165, 1.54) is 24.3 Å². The van der Waals surface area contributed by atoms with E-state index in [1.807, 2.05) is 0 Å². The minimum Gasteiger partial charge on any atom is -0.454 e. The third kappa shape index (κ3) is 3.14. The summed E-state index contributed by atoms with van der Waals surface area (Å²) in [6.07, 6.45) is 1.06. The van der Waals surface area contributed by atoms with Gasteiger partial charge in [0.1, 0.15) is 5.75 Å². The van der Waals surface area contributed by atoms with E-state index in [0.717, 1.165) is 6.26 Å². The fourth-order valence-corrected chi connectivity index (χ4v) is 2.64. The molecule has 0 unspecified atom stereocenters. The normalized spacial score (nSPS) is 11.1. The number of ether oxygens (including phenoxy) is 1. The van der Waals surface area contributed by atoms with Crippen molar-refractivity contribution >= 4 is 21.4 Å². The minimum absolute atomic E-state index is 0.0146. The van der Waals surface area contributed by atoms with Gasteiger partial charge in [0.2, 0.25) is 0 Å². The Morgan fingerprint density at radius 3 is 2.29 bits per heavy atom. The molecule has 21 heavy (non-hydrogen) atoms. The number of anilines is 1. The lowest BCUT2D eigenvalue weighted by atomic mass is 10.2. The second kappa shape index (κ2) is 5.45. The maximum atomic E-state index is 11.6. The van der Waals surface area contributed by atoms with E-state index < -0.39 is 15.7 Å². The van der Waals surface area contributed by atoms with E-state index in [9.17, 15) is 13.2 Å². The molecule has 0 heterocycles. The molecular weight excluding hydrogens is 292 g/mol. The van der Waals surface area contributed by atoms with Crippen LogP contribution in [0.2, 0.25) is 0 Å². The Labute approximate surface area is 122 Å². The highest BCUT2D eigenvalue weighted by Gasteiger charge is 2.17. The molecule has 1 amide bonds. The Kier molecular flexibility index (Phi) is 3.86. The molecular formula is C14H14N2O4S. The number of amides is 1. The molecule has 0 bridgehead atoms. The average molecular weight is 306 g/mol. The van der Waals surface area contributed by atoms with Gasteiger partial charge in [-0.1, -0.05) is 18.2 Å². The predicted octanol–water partition coefficient (Wildman–Crippen LogP) is 1.56. The van der Waals surface area contributed by atoms with Gasteiger partial charge in [0.25, 0.3) is 5.91 Å². The Bertz CT molecular complexity index is 800. The van der Waals surface area contributed by atoms with Gasteiger partial charge in [-0.25, -0.2) is 8.42 Å². The largest absolute Gasteiger partial charge is 0.454 e. The van der Waals surface area contributed by atoms with Gasteiger partial charge in [-0.05, 0) is 24.3 Å². The van der Waals surface area contributed by atoms with Gasteiger partial charge in [0.15, 0.2) is 15.6 Å². The standard InChI is InChI=1S/C14H14N2O4S/c1-21(18,19)12-8-4-7-11(13(12)15)20-10-6-3-2-5-9(10)14(16)17/h2-8H,15H2,1H3,(H2,16,17). The fourth-order valence-electron chi connectivity index (χ4n) is 1.81. The lowest BCUT2D eigenvalue weighted by Gasteiger charge is -2.12. The number of primary amides is 1. The van der Waals surface area contributed by atoms with E-state index in [-0.39, 0.29) is 27.6 Å². The summed E-state index contributed by atoms with van der Waals surface area (Å²) in [4.78, 5) is 11.3. The Hall–Kier alpha value is -2.54. The molecule has 2 aromatic carbocycles. The summed E-state index contributed by atoms with van der Waals surface area (Å²) in [6, 6.07) is 10.8. The molecule has 0 aliphatic heterocycles. The maximum Gasteiger partial charge on any atom is 0.252 e. The highest BCUT2D eigenvalue weighted by molar-refractivity contribution is 7.90. The lowest BCUT2D eigenvalue weighted by Crippen LogP contribution is -2.12. The Morgan fingerprint density at radius 2 is 1.67 bits per heavy atom. The number of hydrogen-bond donors (Lipinski definition) is 2. The van der Waals surface area contributed by atoms with Crippen molar-refractivity contribution in [2.45, 2.75) is 4.90 Å². The number of hydrogen-bond acceptors (Lipinski definition) is 5. The van der Waals surface area contributed by atoms with E-state index in [2.05, 4.69) is 0 Å². The zero-order valence-electron chi connectivity index (χ0n) is 11.2. The number of carbonyl (C=O) groups excluding carboxylic acids is 1. The molecule has 2 aromatic rings. The van der Waals surface area contributed by atoms with Crippen molar-refractivity contribution in [2.75, 3.05) is 12.0 Å². The van der Waals surface area contributed by atoms with Gasteiger partial charge in [-0.3, -0.25) is 4.79 Å². The number of sulfone groups is 1. The van der Waals surface area contributed by atoms with Crippen LogP contribution >= 0.6 is 0 Å². The second-order valence-electron chi connectivity index (χ2n) is 4.40. The highest BCUT2D eigenvalue weighted by atomic mass is 32.2. The summed E-state index contributed by atoms with van der Waals surface area (Å²) in [5.41, 5.74) is 11.3. The molecule has 110 valence electrons. The summed E-state index contributed by atoms with van der Waals surface area (Å²) in [5, 5.41) is 0. The summed E-state index contributed by atoms with van der Waals surface area (Å²) >= 11 is 0. The molecule has 0 aromatic heterocycles. The molecule has 0 spiro atoms. The van der Waals surface area contributed by atoms with Crippen molar-refractivity contribution in [3.63, 3.8) is 0 Å². The molecule has 2 rings (SSSR count). The summed E-state index contributed by atoms with van der Waals surface area (Å²) in [7, 11) is -3.47. The number of nitrogens with two attached hydrogens (primary N) is 2. The van der Waals surface area contributed by atoms with Crippen LogP contribution in [0, 0.1) is 0 Å². The summed E-state index contributed by atoms with van der Waals surface area (Å²) in [6.45, 7) is 0. The monoisotopic (exact) mass is 306 g/mol. The lowest BCUT2D eigenvalue weighted by molar-refractivity contribution is 0.0998. The van der Waals surface area contributed by atoms with Gasteiger partial charge in [-0.2, -0.15) is 0 Å². The van der Waals surface area contributed by atoms with E-state index in [0.29, 0.717) is 0 Å². The first-order valence-corrected chi connectivity index (χ1v) is 7.85. The molecule has 6 nitrogen and oxygen atoms in total. The summed E-state index contributed by atoms with van der Waals surface area (Å²) in [5.74, 6) is -0.294. The molecule has 0 saturated carbocycles. The van der Waals surface area contributed by atoms with Gasteiger partial charge < -0.3 is 16.2 Å². The first kappa shape index (κ1) is 14.9. The fraction of sp³-hybridized carbons (Fsp3) is 0.0714. The van der Waals surface area contributed by atoms with Crippen LogP contribution in [0.5, 0.6) is 11.5 Å². The average Bonchev–Trinajstić information content (AvgIpc) is 2.40. The SMILES string of the molecule is CS(=O)(=O)c1cccc(Oc2ccccc2C(N)=O)c1N. The highest BCUT2D eigenvalue weighted by Crippen LogP contribution is 2.33. The smallest absolute Gasteiger partial charge is 0.252 e. The topological polar surface area (TPSA) is 112 Å². The van der Waals surface area contributed by atoms with E-state index in [4.69, 9.17) is 16.2 Å². The van der Waals surface area contributed by atoms with E-state index in [1.54, 1.807) is 18.2 Å². The van der Waals surface area contributed by atoms with Gasteiger partial charge in [0, 0.05) is 6.26 Å². The van der Waals surface area contributed by atoms with Crippen LogP contribution in [0.3, 0.4) is 0 Å². The van der Waals surface area contributed by atoms with Crippen LogP contribution in [-0.4, -0.2) is 20.6 Å². The second-order valence-corrected chi connectivity index (χ2v) is 6.39. The van der Waals surface area contributed by atoms with Crippen molar-refractivity contribution in [3.8, 4) is 11.5 Å². The number of nitrogen functional groups attached to an aromatic ring is 1. The van der Waals surface area contributed by atoms with Gasteiger partial charge in [-0.15, -0.1) is 0 Å². The molecule has 0 atom stereocenters. The molecule has 0 aliphatic carbocycles. The number of carbonyl (C=O) groups is 1. The van der Waals surface area contributed by atoms with Crippen LogP contribution in [0.25, 0.3) is 0 Å². The van der Waals surface area contributed by atoms with Crippen molar-refractivity contribution in [1.82, 2.24) is 0 Å².